The highest BCUT2D eigenvalue weighted by molar-refractivity contribution is 5.79. The van der Waals surface area contributed by atoms with Gasteiger partial charge in [-0.25, -0.2) is 0 Å². The molecule has 7 heteroatoms. The van der Waals surface area contributed by atoms with Crippen LogP contribution in [0.1, 0.15) is 31.7 Å². The van der Waals surface area contributed by atoms with E-state index in [1.54, 1.807) is 0 Å². The van der Waals surface area contributed by atoms with Crippen LogP contribution in [0.15, 0.2) is 11.1 Å². The predicted octanol–water partition coefficient (Wildman–Crippen LogP) is 1.17. The zero-order valence-corrected chi connectivity index (χ0v) is 16.2. The second kappa shape index (κ2) is 10.4. The molecule has 1 saturated heterocycles. The fourth-order valence-corrected chi connectivity index (χ4v) is 3.04. The first-order valence-electron chi connectivity index (χ1n) is 9.45. The second-order valence-electron chi connectivity index (χ2n) is 6.65. The van der Waals surface area contributed by atoms with Gasteiger partial charge >= 0.3 is 0 Å². The largest absolute Gasteiger partial charge is 0.379 e. The molecule has 7 nitrogen and oxygen atoms in total. The van der Waals surface area contributed by atoms with Gasteiger partial charge in [0, 0.05) is 44.5 Å². The zero-order chi connectivity index (χ0) is 18.1. The van der Waals surface area contributed by atoms with Crippen LogP contribution in [-0.2, 0) is 11.3 Å². The van der Waals surface area contributed by atoms with Gasteiger partial charge in [0.25, 0.3) is 0 Å². The molecule has 1 unspecified atom stereocenters. The molecule has 0 spiro atoms. The molecule has 0 radical (unpaired) electrons. The number of guanidine groups is 1. The lowest BCUT2D eigenvalue weighted by Crippen LogP contribution is -2.44. The number of aliphatic imine (C=N–C) groups is 1. The highest BCUT2D eigenvalue weighted by atomic mass is 16.5. The van der Waals surface area contributed by atoms with Gasteiger partial charge in [-0.05, 0) is 40.2 Å². The van der Waals surface area contributed by atoms with Crippen LogP contribution in [0.5, 0.6) is 0 Å². The van der Waals surface area contributed by atoms with Crippen molar-refractivity contribution in [3.05, 3.63) is 17.5 Å². The van der Waals surface area contributed by atoms with Crippen LogP contribution in [0.2, 0.25) is 0 Å². The molecule has 1 fully saturated rings. The third kappa shape index (κ3) is 6.66. The molecular formula is C18H34N6O. The van der Waals surface area contributed by atoms with Crippen LogP contribution in [0.3, 0.4) is 0 Å². The van der Waals surface area contributed by atoms with E-state index in [0.29, 0.717) is 6.04 Å². The third-order valence-electron chi connectivity index (χ3n) is 4.47. The number of aryl methyl sites for hydroxylation is 3. The summed E-state index contributed by atoms with van der Waals surface area (Å²) in [5.41, 5.74) is 2.30. The number of ether oxygens (including phenoxy) is 1. The summed E-state index contributed by atoms with van der Waals surface area (Å²) in [6.45, 7) is 15.6. The number of morpholine rings is 1. The van der Waals surface area contributed by atoms with E-state index in [1.165, 1.54) is 5.69 Å². The Labute approximate surface area is 151 Å². The minimum absolute atomic E-state index is 0.439. The maximum Gasteiger partial charge on any atom is 0.191 e. The lowest BCUT2D eigenvalue weighted by Gasteiger charge is -2.31. The molecule has 1 aliphatic rings. The summed E-state index contributed by atoms with van der Waals surface area (Å²) >= 11 is 0. The number of rotatable bonds is 8. The molecule has 0 bridgehead atoms. The van der Waals surface area contributed by atoms with Gasteiger partial charge in [0.15, 0.2) is 5.96 Å². The maximum absolute atomic E-state index is 5.42. The molecule has 2 rings (SSSR count). The summed E-state index contributed by atoms with van der Waals surface area (Å²) in [6, 6.07) is 2.56. The van der Waals surface area contributed by atoms with Crippen molar-refractivity contribution in [2.24, 2.45) is 4.99 Å². The normalized spacial score (nSPS) is 17.5. The lowest BCUT2D eigenvalue weighted by atomic mass is 10.2. The first-order valence-corrected chi connectivity index (χ1v) is 9.45. The molecule has 2 heterocycles. The molecule has 2 N–H and O–H groups in total. The van der Waals surface area contributed by atoms with Crippen LogP contribution >= 0.6 is 0 Å². The fraction of sp³-hybridized carbons (Fsp3) is 0.778. The molecule has 1 aliphatic heterocycles. The van der Waals surface area contributed by atoms with Gasteiger partial charge in [0.1, 0.15) is 0 Å². The first-order chi connectivity index (χ1) is 12.1. The summed E-state index contributed by atoms with van der Waals surface area (Å²) in [7, 11) is 0. The SMILES string of the molecule is CCNC(=NCC(C)N1CCOCC1)NCCCn1nc(C)cc1C. The monoisotopic (exact) mass is 350 g/mol. The second-order valence-corrected chi connectivity index (χ2v) is 6.65. The van der Waals surface area contributed by atoms with Gasteiger partial charge in [0.05, 0.1) is 25.5 Å². The Morgan fingerprint density at radius 3 is 2.72 bits per heavy atom. The summed E-state index contributed by atoms with van der Waals surface area (Å²) in [5.74, 6) is 0.899. The first kappa shape index (κ1) is 19.7. The van der Waals surface area contributed by atoms with Gasteiger partial charge < -0.3 is 15.4 Å². The van der Waals surface area contributed by atoms with E-state index in [1.807, 2.05) is 6.92 Å². The number of hydrogen-bond acceptors (Lipinski definition) is 4. The molecule has 0 aliphatic carbocycles. The van der Waals surface area contributed by atoms with Gasteiger partial charge in [0.2, 0.25) is 0 Å². The van der Waals surface area contributed by atoms with E-state index < -0.39 is 0 Å². The van der Waals surface area contributed by atoms with E-state index in [9.17, 15) is 0 Å². The van der Waals surface area contributed by atoms with Gasteiger partial charge in [-0.15, -0.1) is 0 Å². The molecule has 0 saturated carbocycles. The Balaban J connectivity index is 1.74. The topological polar surface area (TPSA) is 66.7 Å². The summed E-state index contributed by atoms with van der Waals surface area (Å²) in [5, 5.41) is 11.3. The van der Waals surface area contributed by atoms with Crippen LogP contribution < -0.4 is 10.6 Å². The third-order valence-corrected chi connectivity index (χ3v) is 4.47. The van der Waals surface area contributed by atoms with Crippen molar-refractivity contribution >= 4 is 5.96 Å². The van der Waals surface area contributed by atoms with Crippen molar-refractivity contribution in [3.8, 4) is 0 Å². The Hall–Kier alpha value is -1.60. The van der Waals surface area contributed by atoms with Crippen molar-refractivity contribution < 1.29 is 4.74 Å². The predicted molar refractivity (Wildman–Crippen MR) is 102 cm³/mol. The Bertz CT molecular complexity index is 536. The van der Waals surface area contributed by atoms with Gasteiger partial charge in [-0.2, -0.15) is 5.10 Å². The quantitative estimate of drug-likeness (QED) is 0.418. The zero-order valence-electron chi connectivity index (χ0n) is 16.2. The fourth-order valence-electron chi connectivity index (χ4n) is 3.04. The standard InChI is InChI=1S/C18H34N6O/c1-5-19-18(21-14-17(4)23-9-11-25-12-10-23)20-7-6-8-24-16(3)13-15(2)22-24/h13,17H,5-12,14H2,1-4H3,(H2,19,20,21). The van der Waals surface area contributed by atoms with E-state index in [4.69, 9.17) is 9.73 Å². The number of hydrogen-bond donors (Lipinski definition) is 2. The van der Waals surface area contributed by atoms with E-state index in [-0.39, 0.29) is 0 Å². The molecule has 1 atom stereocenters. The highest BCUT2D eigenvalue weighted by Crippen LogP contribution is 2.04. The molecule has 1 aromatic heterocycles. The molecule has 142 valence electrons. The lowest BCUT2D eigenvalue weighted by molar-refractivity contribution is 0.0220. The molecule has 0 amide bonds. The van der Waals surface area contributed by atoms with Crippen LogP contribution in [0, 0.1) is 13.8 Å². The van der Waals surface area contributed by atoms with Crippen LogP contribution in [-0.4, -0.2) is 72.6 Å². The average molecular weight is 351 g/mol. The summed E-state index contributed by atoms with van der Waals surface area (Å²) in [4.78, 5) is 7.19. The Morgan fingerprint density at radius 2 is 2.08 bits per heavy atom. The van der Waals surface area contributed by atoms with Crippen LogP contribution in [0.25, 0.3) is 0 Å². The van der Waals surface area contributed by atoms with Crippen molar-refractivity contribution in [1.82, 2.24) is 25.3 Å². The van der Waals surface area contributed by atoms with E-state index >= 15 is 0 Å². The molecule has 1 aromatic rings. The highest BCUT2D eigenvalue weighted by Gasteiger charge is 2.16. The van der Waals surface area contributed by atoms with Crippen LogP contribution in [0.4, 0.5) is 0 Å². The maximum atomic E-state index is 5.42. The number of aromatic nitrogens is 2. The average Bonchev–Trinajstić information content (AvgIpc) is 2.94. The summed E-state index contributed by atoms with van der Waals surface area (Å²) < 4.78 is 7.49. The smallest absolute Gasteiger partial charge is 0.191 e. The Morgan fingerprint density at radius 1 is 1.32 bits per heavy atom. The van der Waals surface area contributed by atoms with E-state index in [2.05, 4.69) is 52.2 Å². The number of nitrogens with zero attached hydrogens (tertiary/aromatic N) is 4. The van der Waals surface area contributed by atoms with Crippen molar-refractivity contribution in [2.75, 3.05) is 45.9 Å². The Kier molecular flexibility index (Phi) is 8.21. The van der Waals surface area contributed by atoms with Gasteiger partial charge in [-0.3, -0.25) is 14.6 Å². The van der Waals surface area contributed by atoms with Crippen molar-refractivity contribution in [3.63, 3.8) is 0 Å². The van der Waals surface area contributed by atoms with Crippen molar-refractivity contribution in [2.45, 2.75) is 46.7 Å². The molecule has 0 aromatic carbocycles. The number of nitrogens with one attached hydrogen (secondary N) is 2. The molecular weight excluding hydrogens is 316 g/mol. The van der Waals surface area contributed by atoms with E-state index in [0.717, 1.165) is 70.6 Å². The summed E-state index contributed by atoms with van der Waals surface area (Å²) in [6.07, 6.45) is 1.02. The minimum atomic E-state index is 0.439. The minimum Gasteiger partial charge on any atom is -0.379 e. The van der Waals surface area contributed by atoms with Crippen molar-refractivity contribution in [1.29, 1.82) is 0 Å². The van der Waals surface area contributed by atoms with Gasteiger partial charge in [-0.1, -0.05) is 0 Å². The molecule has 25 heavy (non-hydrogen) atoms.